The molecule has 0 aliphatic carbocycles. The van der Waals surface area contributed by atoms with Gasteiger partial charge < -0.3 is 4.98 Å². The van der Waals surface area contributed by atoms with E-state index >= 15 is 0 Å². The Bertz CT molecular complexity index is 747. The van der Waals surface area contributed by atoms with Crippen molar-refractivity contribution in [2.24, 2.45) is 0 Å². The van der Waals surface area contributed by atoms with E-state index in [9.17, 15) is 0 Å². The van der Waals surface area contributed by atoms with Crippen LogP contribution in [0.4, 0.5) is 0 Å². The van der Waals surface area contributed by atoms with Gasteiger partial charge in [0.15, 0.2) is 0 Å². The minimum Gasteiger partial charge on any atom is -0.342 e. The van der Waals surface area contributed by atoms with Gasteiger partial charge in [-0.3, -0.25) is 0 Å². The third-order valence-corrected chi connectivity index (χ3v) is 3.60. The number of benzene rings is 1. The van der Waals surface area contributed by atoms with Crippen molar-refractivity contribution >= 4 is 0 Å². The maximum atomic E-state index is 8.80. The highest BCUT2D eigenvalue weighted by Crippen LogP contribution is 2.24. The van der Waals surface area contributed by atoms with E-state index in [1.165, 1.54) is 0 Å². The zero-order valence-corrected chi connectivity index (χ0v) is 12.8. The van der Waals surface area contributed by atoms with Crippen molar-refractivity contribution in [3.05, 3.63) is 41.2 Å². The quantitative estimate of drug-likeness (QED) is 0.846. The van der Waals surface area contributed by atoms with E-state index in [4.69, 9.17) is 15.8 Å². The lowest BCUT2D eigenvalue weighted by Crippen LogP contribution is -1.92. The summed E-state index contributed by atoms with van der Waals surface area (Å²) in [6.45, 7) is 0. The van der Waals surface area contributed by atoms with Gasteiger partial charge in [-0.05, 0) is 12.0 Å². The first-order valence-electron chi connectivity index (χ1n) is 7.57. The van der Waals surface area contributed by atoms with E-state index in [-0.39, 0.29) is 0 Å². The molecule has 0 bridgehead atoms. The summed E-state index contributed by atoms with van der Waals surface area (Å²) >= 11 is 0. The van der Waals surface area contributed by atoms with Crippen LogP contribution in [0.2, 0.25) is 0 Å². The van der Waals surface area contributed by atoms with Crippen molar-refractivity contribution in [3.63, 3.8) is 0 Å². The molecule has 1 N–H and O–H groups in total. The number of nitrogens with zero attached hydrogens (tertiary/aromatic N) is 4. The van der Waals surface area contributed by atoms with Crippen LogP contribution in [0.1, 0.15) is 36.2 Å². The Morgan fingerprint density at radius 1 is 0.870 bits per heavy atom. The highest BCUT2D eigenvalue weighted by Gasteiger charge is 2.13. The second-order valence-corrected chi connectivity index (χ2v) is 5.14. The number of H-pyrrole nitrogens is 1. The van der Waals surface area contributed by atoms with Gasteiger partial charge in [-0.15, -0.1) is 0 Å². The number of hydrogen-bond acceptors (Lipinski definition) is 4. The monoisotopic (exact) mass is 303 g/mol. The van der Waals surface area contributed by atoms with Crippen molar-refractivity contribution in [2.45, 2.75) is 38.5 Å². The third kappa shape index (κ3) is 4.19. The highest BCUT2D eigenvalue weighted by atomic mass is 14.9. The summed E-state index contributed by atoms with van der Waals surface area (Å²) in [5, 5.41) is 26.4. The van der Waals surface area contributed by atoms with E-state index in [0.717, 1.165) is 28.3 Å². The molecule has 1 heterocycles. The maximum Gasteiger partial charge on any atom is 0.138 e. The Morgan fingerprint density at radius 2 is 1.52 bits per heavy atom. The molecule has 23 heavy (non-hydrogen) atoms. The van der Waals surface area contributed by atoms with Crippen LogP contribution in [-0.4, -0.2) is 9.97 Å². The van der Waals surface area contributed by atoms with Crippen molar-refractivity contribution in [1.82, 2.24) is 9.97 Å². The van der Waals surface area contributed by atoms with Crippen LogP contribution in [0.25, 0.3) is 11.4 Å². The van der Waals surface area contributed by atoms with Crippen LogP contribution in [0.15, 0.2) is 24.3 Å². The third-order valence-electron chi connectivity index (χ3n) is 3.60. The molecular weight excluding hydrogens is 286 g/mol. The molecule has 5 heteroatoms. The van der Waals surface area contributed by atoms with Crippen LogP contribution in [0, 0.1) is 34.0 Å². The van der Waals surface area contributed by atoms with Gasteiger partial charge in [-0.25, -0.2) is 4.98 Å². The molecule has 1 aromatic carbocycles. The van der Waals surface area contributed by atoms with Crippen LogP contribution in [0.5, 0.6) is 0 Å². The number of nitriles is 3. The van der Waals surface area contributed by atoms with E-state index in [1.54, 1.807) is 0 Å². The van der Waals surface area contributed by atoms with Crippen molar-refractivity contribution in [1.29, 1.82) is 15.8 Å². The number of aromatic amines is 1. The van der Waals surface area contributed by atoms with Crippen molar-refractivity contribution < 1.29 is 0 Å². The molecule has 0 atom stereocenters. The molecule has 2 aromatic rings. The SMILES string of the molecule is N#CCCc1ccccc1-c1nc(CCC#N)c(CCC#N)[nH]1. The average Bonchev–Trinajstić information content (AvgIpc) is 2.99. The fourth-order valence-corrected chi connectivity index (χ4v) is 2.50. The van der Waals surface area contributed by atoms with Gasteiger partial charge in [0.1, 0.15) is 5.82 Å². The Labute approximate surface area is 135 Å². The van der Waals surface area contributed by atoms with Gasteiger partial charge in [0.05, 0.1) is 23.9 Å². The van der Waals surface area contributed by atoms with Crippen molar-refractivity contribution in [3.8, 4) is 29.6 Å². The molecule has 0 unspecified atom stereocenters. The summed E-state index contributed by atoms with van der Waals surface area (Å²) in [6, 6.07) is 14.3. The molecule has 0 saturated carbocycles. The van der Waals surface area contributed by atoms with Crippen LogP contribution in [-0.2, 0) is 19.3 Å². The van der Waals surface area contributed by atoms with Gasteiger partial charge in [0, 0.05) is 43.4 Å². The second-order valence-electron chi connectivity index (χ2n) is 5.14. The molecule has 0 aliphatic heterocycles. The molecule has 0 fully saturated rings. The summed E-state index contributed by atoms with van der Waals surface area (Å²) in [5.74, 6) is 0.749. The topological polar surface area (TPSA) is 100 Å². The number of aromatic nitrogens is 2. The first-order chi connectivity index (χ1) is 11.3. The van der Waals surface area contributed by atoms with E-state index in [2.05, 4.69) is 28.2 Å². The van der Waals surface area contributed by atoms with Crippen LogP contribution in [0.3, 0.4) is 0 Å². The zero-order valence-electron chi connectivity index (χ0n) is 12.8. The van der Waals surface area contributed by atoms with Gasteiger partial charge in [0.2, 0.25) is 0 Å². The molecule has 1 aromatic heterocycles. The fraction of sp³-hybridized carbons (Fsp3) is 0.333. The number of rotatable bonds is 7. The molecule has 0 radical (unpaired) electrons. The summed E-state index contributed by atoms with van der Waals surface area (Å²) in [7, 11) is 0. The number of hydrogen-bond donors (Lipinski definition) is 1. The first-order valence-corrected chi connectivity index (χ1v) is 7.57. The Kier molecular flexibility index (Phi) is 5.92. The Hall–Kier alpha value is -3.10. The Morgan fingerprint density at radius 3 is 2.26 bits per heavy atom. The minimum atomic E-state index is 0.403. The van der Waals surface area contributed by atoms with Crippen LogP contribution >= 0.6 is 0 Å². The molecule has 0 amide bonds. The lowest BCUT2D eigenvalue weighted by molar-refractivity contribution is 0.895. The molecular formula is C18H17N5. The fourth-order valence-electron chi connectivity index (χ4n) is 2.50. The summed E-state index contributed by atoms with van der Waals surface area (Å²) in [4.78, 5) is 7.94. The summed E-state index contributed by atoms with van der Waals surface area (Å²) < 4.78 is 0. The number of imidazole rings is 1. The van der Waals surface area contributed by atoms with E-state index < -0.39 is 0 Å². The summed E-state index contributed by atoms with van der Waals surface area (Å²) in [5.41, 5.74) is 3.82. The van der Waals surface area contributed by atoms with E-state index in [1.807, 2.05) is 24.3 Å². The largest absolute Gasteiger partial charge is 0.342 e. The number of aryl methyl sites for hydroxylation is 3. The van der Waals surface area contributed by atoms with E-state index in [0.29, 0.717) is 38.5 Å². The lowest BCUT2D eigenvalue weighted by Gasteiger charge is -2.05. The minimum absolute atomic E-state index is 0.403. The zero-order chi connectivity index (χ0) is 16.5. The maximum absolute atomic E-state index is 8.80. The molecule has 0 spiro atoms. The van der Waals surface area contributed by atoms with Gasteiger partial charge in [-0.1, -0.05) is 24.3 Å². The average molecular weight is 303 g/mol. The molecule has 5 nitrogen and oxygen atoms in total. The lowest BCUT2D eigenvalue weighted by atomic mass is 10.0. The highest BCUT2D eigenvalue weighted by molar-refractivity contribution is 5.61. The normalized spacial score (nSPS) is 9.78. The molecule has 114 valence electrons. The summed E-state index contributed by atoms with van der Waals surface area (Å²) in [6.07, 6.45) is 3.13. The van der Waals surface area contributed by atoms with Gasteiger partial charge in [-0.2, -0.15) is 15.8 Å². The van der Waals surface area contributed by atoms with Crippen molar-refractivity contribution in [2.75, 3.05) is 0 Å². The van der Waals surface area contributed by atoms with Crippen LogP contribution < -0.4 is 0 Å². The van der Waals surface area contributed by atoms with Gasteiger partial charge >= 0.3 is 0 Å². The number of nitrogens with one attached hydrogen (secondary N) is 1. The molecule has 2 rings (SSSR count). The molecule has 0 saturated heterocycles. The standard InChI is InChI=1S/C18H17N5/c19-11-3-7-14-6-1-2-8-15(14)18-22-16(9-4-12-20)17(23-18)10-5-13-21/h1-2,6,8H,3-5,7,9-10H2,(H,22,23). The smallest absolute Gasteiger partial charge is 0.138 e. The van der Waals surface area contributed by atoms with Gasteiger partial charge in [0.25, 0.3) is 0 Å². The predicted molar refractivity (Wildman–Crippen MR) is 85.8 cm³/mol. The molecule has 0 aliphatic rings. The predicted octanol–water partition coefficient (Wildman–Crippen LogP) is 3.45. The Balaban J connectivity index is 2.36. The second kappa shape index (κ2) is 8.37. The first kappa shape index (κ1) is 16.3.